The van der Waals surface area contributed by atoms with Crippen LogP contribution in [0.2, 0.25) is 10.0 Å². The minimum absolute atomic E-state index is 0.0328. The number of hydrogen-bond acceptors (Lipinski definition) is 3. The molecular formula is C16H19Cl2N3O2. The van der Waals surface area contributed by atoms with Crippen molar-refractivity contribution in [3.63, 3.8) is 0 Å². The Morgan fingerprint density at radius 1 is 1.09 bits per heavy atom. The van der Waals surface area contributed by atoms with Gasteiger partial charge in [-0.3, -0.25) is 14.0 Å². The van der Waals surface area contributed by atoms with Gasteiger partial charge >= 0.3 is 5.69 Å². The molecule has 0 amide bonds. The molecule has 1 aromatic carbocycles. The van der Waals surface area contributed by atoms with Gasteiger partial charge in [0.05, 0.1) is 33.3 Å². The highest BCUT2D eigenvalue weighted by atomic mass is 35.5. The minimum Gasteiger partial charge on any atom is -0.372 e. The van der Waals surface area contributed by atoms with E-state index in [0.717, 1.165) is 43.5 Å². The number of benzene rings is 1. The van der Waals surface area contributed by atoms with Gasteiger partial charge in [-0.2, -0.15) is 0 Å². The van der Waals surface area contributed by atoms with Crippen LogP contribution in [0, 0.1) is 0 Å². The molecule has 0 aliphatic carbocycles. The molecule has 4 rings (SSSR count). The molecule has 1 aromatic heterocycles. The van der Waals surface area contributed by atoms with Crippen molar-refractivity contribution in [1.29, 1.82) is 0 Å². The Morgan fingerprint density at radius 2 is 1.70 bits per heavy atom. The van der Waals surface area contributed by atoms with E-state index < -0.39 is 0 Å². The van der Waals surface area contributed by atoms with E-state index in [4.69, 9.17) is 27.9 Å². The number of fused-ring (bicyclic) bond motifs is 3. The maximum atomic E-state index is 12.5. The molecule has 2 aliphatic heterocycles. The van der Waals surface area contributed by atoms with Crippen LogP contribution in [0.15, 0.2) is 16.9 Å². The molecule has 23 heavy (non-hydrogen) atoms. The molecule has 7 heteroatoms. The standard InChI is InChI=1S/C16H19Cl2N3O2/c1-19-14-6-12(17)13(18)7-15(14)21(16(19)22)5-4-20-8-10-2-3-11(9-20)23-10/h6-7,10-11H,2-5,8-9H2,1H3. The normalized spacial score (nSPS) is 24.7. The smallest absolute Gasteiger partial charge is 0.328 e. The zero-order valence-corrected chi connectivity index (χ0v) is 14.5. The van der Waals surface area contributed by atoms with Crippen LogP contribution in [-0.4, -0.2) is 45.9 Å². The van der Waals surface area contributed by atoms with Crippen molar-refractivity contribution in [3.8, 4) is 0 Å². The summed E-state index contributed by atoms with van der Waals surface area (Å²) in [5.41, 5.74) is 1.61. The molecule has 124 valence electrons. The maximum Gasteiger partial charge on any atom is 0.328 e. The minimum atomic E-state index is -0.0328. The van der Waals surface area contributed by atoms with Crippen molar-refractivity contribution in [3.05, 3.63) is 32.7 Å². The summed E-state index contributed by atoms with van der Waals surface area (Å²) in [7, 11) is 1.76. The number of nitrogens with zero attached hydrogens (tertiary/aromatic N) is 3. The molecule has 5 nitrogen and oxygen atoms in total. The molecule has 0 spiro atoms. The molecule has 2 fully saturated rings. The average molecular weight is 356 g/mol. The molecule has 0 N–H and O–H groups in total. The zero-order valence-electron chi connectivity index (χ0n) is 13.0. The SMILES string of the molecule is Cn1c(=O)n(CCN2CC3CCC(C2)O3)c2cc(Cl)c(Cl)cc21. The third-order valence-electron chi connectivity index (χ3n) is 4.95. The Hall–Kier alpha value is -1.01. The van der Waals surface area contributed by atoms with Gasteiger partial charge in [0, 0.05) is 33.2 Å². The summed E-state index contributed by atoms with van der Waals surface area (Å²) in [4.78, 5) is 14.9. The lowest BCUT2D eigenvalue weighted by atomic mass is 10.2. The van der Waals surface area contributed by atoms with Crippen molar-refractivity contribution >= 4 is 34.2 Å². The second kappa shape index (κ2) is 5.81. The van der Waals surface area contributed by atoms with Crippen molar-refractivity contribution in [2.45, 2.75) is 31.6 Å². The van der Waals surface area contributed by atoms with Gasteiger partial charge in [0.25, 0.3) is 0 Å². The number of likely N-dealkylation sites (tertiary alicyclic amines) is 1. The Morgan fingerprint density at radius 3 is 2.35 bits per heavy atom. The summed E-state index contributed by atoms with van der Waals surface area (Å²) >= 11 is 12.2. The van der Waals surface area contributed by atoms with E-state index in [0.29, 0.717) is 28.8 Å². The number of halogens is 2. The van der Waals surface area contributed by atoms with Crippen LogP contribution in [0.4, 0.5) is 0 Å². The van der Waals surface area contributed by atoms with E-state index in [2.05, 4.69) is 4.90 Å². The largest absolute Gasteiger partial charge is 0.372 e. The van der Waals surface area contributed by atoms with Crippen LogP contribution in [0.1, 0.15) is 12.8 Å². The van der Waals surface area contributed by atoms with E-state index in [-0.39, 0.29) is 5.69 Å². The van der Waals surface area contributed by atoms with Crippen LogP contribution < -0.4 is 5.69 Å². The van der Waals surface area contributed by atoms with Gasteiger partial charge in [0.1, 0.15) is 0 Å². The lowest BCUT2D eigenvalue weighted by Gasteiger charge is -2.32. The molecule has 2 saturated heterocycles. The monoisotopic (exact) mass is 355 g/mol. The van der Waals surface area contributed by atoms with Gasteiger partial charge in [-0.1, -0.05) is 23.2 Å². The predicted molar refractivity (Wildman–Crippen MR) is 91.5 cm³/mol. The van der Waals surface area contributed by atoms with E-state index in [1.165, 1.54) is 0 Å². The lowest BCUT2D eigenvalue weighted by Crippen LogP contribution is -2.44. The van der Waals surface area contributed by atoms with Crippen LogP contribution >= 0.6 is 23.2 Å². The topological polar surface area (TPSA) is 39.4 Å². The Labute approximate surface area is 144 Å². The van der Waals surface area contributed by atoms with Gasteiger partial charge < -0.3 is 4.74 Å². The fourth-order valence-corrected chi connectivity index (χ4v) is 4.05. The average Bonchev–Trinajstić information content (AvgIpc) is 2.97. The number of aromatic nitrogens is 2. The molecule has 0 saturated carbocycles. The first kappa shape index (κ1) is 15.5. The Bertz CT molecular complexity index is 802. The van der Waals surface area contributed by atoms with Crippen molar-refractivity contribution in [2.24, 2.45) is 7.05 Å². The van der Waals surface area contributed by atoms with Gasteiger partial charge in [-0.15, -0.1) is 0 Å². The van der Waals surface area contributed by atoms with Crippen LogP contribution in [0.25, 0.3) is 11.0 Å². The molecule has 2 atom stereocenters. The molecule has 2 aromatic rings. The van der Waals surface area contributed by atoms with Crippen molar-refractivity contribution in [1.82, 2.24) is 14.0 Å². The van der Waals surface area contributed by atoms with Crippen molar-refractivity contribution in [2.75, 3.05) is 19.6 Å². The summed E-state index contributed by atoms with van der Waals surface area (Å²) in [6.45, 7) is 3.41. The van der Waals surface area contributed by atoms with Crippen LogP contribution in [0.5, 0.6) is 0 Å². The molecule has 2 aliphatic rings. The summed E-state index contributed by atoms with van der Waals surface area (Å²) in [6.07, 6.45) is 3.05. The van der Waals surface area contributed by atoms with Gasteiger partial charge in [-0.05, 0) is 25.0 Å². The predicted octanol–water partition coefficient (Wildman–Crippen LogP) is 2.51. The van der Waals surface area contributed by atoms with Crippen LogP contribution in [0.3, 0.4) is 0 Å². The Balaban J connectivity index is 1.60. The first-order valence-corrected chi connectivity index (χ1v) is 8.70. The number of imidazole rings is 1. The number of aryl methyl sites for hydroxylation is 1. The fourth-order valence-electron chi connectivity index (χ4n) is 3.74. The third-order valence-corrected chi connectivity index (χ3v) is 5.67. The molecule has 0 radical (unpaired) electrons. The summed E-state index contributed by atoms with van der Waals surface area (Å²) < 4.78 is 9.27. The lowest BCUT2D eigenvalue weighted by molar-refractivity contribution is -0.0389. The molecular weight excluding hydrogens is 337 g/mol. The van der Waals surface area contributed by atoms with Gasteiger partial charge in [0.15, 0.2) is 0 Å². The number of ether oxygens (including phenoxy) is 1. The highest BCUT2D eigenvalue weighted by Crippen LogP contribution is 2.28. The highest BCUT2D eigenvalue weighted by molar-refractivity contribution is 6.42. The third kappa shape index (κ3) is 2.70. The van der Waals surface area contributed by atoms with Gasteiger partial charge in [-0.25, -0.2) is 4.79 Å². The first-order valence-electron chi connectivity index (χ1n) is 7.95. The van der Waals surface area contributed by atoms with E-state index in [9.17, 15) is 4.79 Å². The second-order valence-electron chi connectivity index (χ2n) is 6.47. The van der Waals surface area contributed by atoms with E-state index in [1.54, 1.807) is 28.3 Å². The van der Waals surface area contributed by atoms with Crippen molar-refractivity contribution < 1.29 is 4.74 Å². The van der Waals surface area contributed by atoms with E-state index >= 15 is 0 Å². The van der Waals surface area contributed by atoms with E-state index in [1.807, 2.05) is 0 Å². The molecule has 3 heterocycles. The quantitative estimate of drug-likeness (QED) is 0.849. The molecule has 2 bridgehead atoms. The second-order valence-corrected chi connectivity index (χ2v) is 7.28. The summed E-state index contributed by atoms with van der Waals surface area (Å²) in [6, 6.07) is 3.54. The first-order chi connectivity index (χ1) is 11.0. The van der Waals surface area contributed by atoms with Crippen LogP contribution in [-0.2, 0) is 18.3 Å². The number of hydrogen-bond donors (Lipinski definition) is 0. The fraction of sp³-hybridized carbons (Fsp3) is 0.562. The summed E-state index contributed by atoms with van der Waals surface area (Å²) in [5.74, 6) is 0. The number of rotatable bonds is 3. The van der Waals surface area contributed by atoms with Gasteiger partial charge in [0.2, 0.25) is 0 Å². The molecule has 2 unspecified atom stereocenters. The summed E-state index contributed by atoms with van der Waals surface area (Å²) in [5, 5.41) is 0.944. The highest BCUT2D eigenvalue weighted by Gasteiger charge is 2.33. The zero-order chi connectivity index (χ0) is 16.1. The Kier molecular flexibility index (Phi) is 3.92. The number of morpholine rings is 1. The maximum absolute atomic E-state index is 12.5.